The van der Waals surface area contributed by atoms with Crippen LogP contribution in [0.15, 0.2) is 48.8 Å². The van der Waals surface area contributed by atoms with Crippen molar-refractivity contribution in [1.82, 2.24) is 14.7 Å². The van der Waals surface area contributed by atoms with Gasteiger partial charge in [0, 0.05) is 50.7 Å². The molecule has 1 amide bonds. The molecule has 0 unspecified atom stereocenters. The van der Waals surface area contributed by atoms with Crippen molar-refractivity contribution >= 4 is 28.8 Å². The quantitative estimate of drug-likeness (QED) is 0.775. The van der Waals surface area contributed by atoms with Gasteiger partial charge in [-0.05, 0) is 30.3 Å². The minimum atomic E-state index is -0.0782. The van der Waals surface area contributed by atoms with E-state index >= 15 is 0 Å². The van der Waals surface area contributed by atoms with Gasteiger partial charge in [0.15, 0.2) is 0 Å². The van der Waals surface area contributed by atoms with Crippen molar-refractivity contribution in [3.8, 4) is 0 Å². The fraction of sp³-hybridized carbons (Fsp3) is 0.222. The summed E-state index contributed by atoms with van der Waals surface area (Å²) in [4.78, 5) is 18.7. The third-order valence-corrected chi connectivity index (χ3v) is 3.98. The number of rotatable bonds is 5. The smallest absolute Gasteiger partial charge is 0.251 e. The molecular formula is C18H19ClN4O. The van der Waals surface area contributed by atoms with E-state index in [9.17, 15) is 4.79 Å². The first-order chi connectivity index (χ1) is 11.5. The van der Waals surface area contributed by atoms with Crippen LogP contribution in [0.25, 0.3) is 5.65 Å². The van der Waals surface area contributed by atoms with Gasteiger partial charge in [0.05, 0.1) is 10.7 Å². The number of anilines is 1. The summed E-state index contributed by atoms with van der Waals surface area (Å²) in [5.74, 6) is -0.0782. The first-order valence-corrected chi connectivity index (χ1v) is 8.09. The summed E-state index contributed by atoms with van der Waals surface area (Å²) < 4.78 is 1.89. The number of benzene rings is 1. The van der Waals surface area contributed by atoms with E-state index in [1.165, 1.54) is 0 Å². The van der Waals surface area contributed by atoms with Crippen molar-refractivity contribution in [3.63, 3.8) is 0 Å². The number of amides is 1. The second-order valence-corrected chi connectivity index (χ2v) is 6.23. The van der Waals surface area contributed by atoms with Crippen LogP contribution < -0.4 is 10.2 Å². The molecule has 0 aliphatic carbocycles. The van der Waals surface area contributed by atoms with E-state index in [1.807, 2.05) is 72.2 Å². The molecule has 3 aromatic rings. The summed E-state index contributed by atoms with van der Waals surface area (Å²) in [6.07, 6.45) is 4.41. The summed E-state index contributed by atoms with van der Waals surface area (Å²) in [5.41, 5.74) is 3.42. The lowest BCUT2D eigenvalue weighted by atomic mass is 10.2. The molecule has 1 aromatic carbocycles. The number of hydrogen-bond donors (Lipinski definition) is 1. The standard InChI is InChI=1S/C18H19ClN4O/c1-22(2)16-5-3-4-13(10-16)18(24)20-9-8-15-12-23-11-14(19)6-7-17(23)21-15/h3-7,10-12H,8-9H2,1-2H3,(H,20,24). The topological polar surface area (TPSA) is 49.6 Å². The Labute approximate surface area is 145 Å². The maximum atomic E-state index is 12.3. The first-order valence-electron chi connectivity index (χ1n) is 7.71. The lowest BCUT2D eigenvalue weighted by molar-refractivity contribution is 0.0954. The van der Waals surface area contributed by atoms with Gasteiger partial charge >= 0.3 is 0 Å². The van der Waals surface area contributed by atoms with Gasteiger partial charge in [-0.15, -0.1) is 0 Å². The van der Waals surface area contributed by atoms with Crippen LogP contribution in [0, 0.1) is 0 Å². The lowest BCUT2D eigenvalue weighted by Crippen LogP contribution is -2.26. The van der Waals surface area contributed by atoms with Crippen LogP contribution in [0.5, 0.6) is 0 Å². The number of fused-ring (bicyclic) bond motifs is 1. The first kappa shape index (κ1) is 16.3. The van der Waals surface area contributed by atoms with Crippen molar-refractivity contribution in [2.75, 3.05) is 25.5 Å². The Bertz CT molecular complexity index is 872. The third kappa shape index (κ3) is 3.68. The van der Waals surface area contributed by atoms with Crippen LogP contribution in [-0.4, -0.2) is 35.9 Å². The molecule has 0 aliphatic heterocycles. The molecule has 2 heterocycles. The summed E-state index contributed by atoms with van der Waals surface area (Å²) >= 11 is 5.97. The van der Waals surface area contributed by atoms with Crippen LogP contribution in [-0.2, 0) is 6.42 Å². The molecule has 0 spiro atoms. The Hall–Kier alpha value is -2.53. The fourth-order valence-electron chi connectivity index (χ4n) is 2.47. The van der Waals surface area contributed by atoms with Crippen molar-refractivity contribution < 1.29 is 4.79 Å². The van der Waals surface area contributed by atoms with Gasteiger partial charge in [-0.2, -0.15) is 0 Å². The average molecular weight is 343 g/mol. The molecular weight excluding hydrogens is 324 g/mol. The van der Waals surface area contributed by atoms with E-state index in [2.05, 4.69) is 10.3 Å². The number of aromatic nitrogens is 2. The highest BCUT2D eigenvalue weighted by Crippen LogP contribution is 2.14. The number of halogens is 1. The van der Waals surface area contributed by atoms with Gasteiger partial charge in [0.2, 0.25) is 0 Å². The predicted molar refractivity (Wildman–Crippen MR) is 97.0 cm³/mol. The summed E-state index contributed by atoms with van der Waals surface area (Å²) in [6.45, 7) is 0.530. The van der Waals surface area contributed by atoms with Crippen molar-refractivity contribution in [3.05, 3.63) is 65.1 Å². The maximum Gasteiger partial charge on any atom is 0.251 e. The Kier molecular flexibility index (Phi) is 4.71. The lowest BCUT2D eigenvalue weighted by Gasteiger charge is -2.13. The number of nitrogens with zero attached hydrogens (tertiary/aromatic N) is 3. The Balaban J connectivity index is 1.60. The monoisotopic (exact) mass is 342 g/mol. The van der Waals surface area contributed by atoms with Crippen molar-refractivity contribution in [2.45, 2.75) is 6.42 Å². The molecule has 0 fully saturated rings. The van der Waals surface area contributed by atoms with Crippen LogP contribution in [0.3, 0.4) is 0 Å². The second kappa shape index (κ2) is 6.93. The molecule has 24 heavy (non-hydrogen) atoms. The molecule has 6 heteroatoms. The molecule has 1 N–H and O–H groups in total. The van der Waals surface area contributed by atoms with Gasteiger partial charge in [0.25, 0.3) is 5.91 Å². The zero-order chi connectivity index (χ0) is 17.1. The van der Waals surface area contributed by atoms with Crippen LogP contribution in [0.4, 0.5) is 5.69 Å². The zero-order valence-corrected chi connectivity index (χ0v) is 14.4. The summed E-state index contributed by atoms with van der Waals surface area (Å²) in [6, 6.07) is 11.2. The van der Waals surface area contributed by atoms with E-state index in [-0.39, 0.29) is 5.91 Å². The Morgan fingerprint density at radius 1 is 1.25 bits per heavy atom. The highest BCUT2D eigenvalue weighted by atomic mass is 35.5. The van der Waals surface area contributed by atoms with Crippen molar-refractivity contribution in [1.29, 1.82) is 0 Å². The van der Waals surface area contributed by atoms with Crippen LogP contribution in [0.2, 0.25) is 5.02 Å². The normalized spacial score (nSPS) is 10.8. The molecule has 0 atom stereocenters. The Morgan fingerprint density at radius 3 is 2.88 bits per heavy atom. The number of nitrogens with one attached hydrogen (secondary N) is 1. The molecule has 0 bridgehead atoms. The second-order valence-electron chi connectivity index (χ2n) is 5.80. The summed E-state index contributed by atoms with van der Waals surface area (Å²) in [5, 5.41) is 3.60. The molecule has 0 saturated heterocycles. The molecule has 0 aliphatic rings. The van der Waals surface area contributed by atoms with Crippen LogP contribution in [0.1, 0.15) is 16.1 Å². The summed E-state index contributed by atoms with van der Waals surface area (Å²) in [7, 11) is 3.90. The number of pyridine rings is 1. The number of carbonyl (C=O) groups is 1. The highest BCUT2D eigenvalue weighted by molar-refractivity contribution is 6.30. The highest BCUT2D eigenvalue weighted by Gasteiger charge is 2.08. The predicted octanol–water partition coefficient (Wildman–Crippen LogP) is 3.03. The van der Waals surface area contributed by atoms with E-state index < -0.39 is 0 Å². The Morgan fingerprint density at radius 2 is 2.08 bits per heavy atom. The van der Waals surface area contributed by atoms with E-state index in [0.717, 1.165) is 17.0 Å². The largest absolute Gasteiger partial charge is 0.378 e. The van der Waals surface area contributed by atoms with Gasteiger partial charge in [-0.1, -0.05) is 17.7 Å². The molecule has 124 valence electrons. The van der Waals surface area contributed by atoms with Gasteiger partial charge in [-0.3, -0.25) is 4.79 Å². The minimum Gasteiger partial charge on any atom is -0.378 e. The van der Waals surface area contributed by atoms with Gasteiger partial charge in [-0.25, -0.2) is 4.98 Å². The number of imidazole rings is 1. The molecule has 3 rings (SSSR count). The third-order valence-electron chi connectivity index (χ3n) is 3.76. The van der Waals surface area contributed by atoms with E-state index in [1.54, 1.807) is 0 Å². The average Bonchev–Trinajstić information content (AvgIpc) is 2.96. The maximum absolute atomic E-state index is 12.3. The van der Waals surface area contributed by atoms with Gasteiger partial charge in [0.1, 0.15) is 5.65 Å². The fourth-order valence-corrected chi connectivity index (χ4v) is 2.64. The van der Waals surface area contributed by atoms with E-state index in [0.29, 0.717) is 23.6 Å². The minimum absolute atomic E-state index is 0.0782. The molecule has 0 radical (unpaired) electrons. The molecule has 2 aromatic heterocycles. The number of hydrogen-bond acceptors (Lipinski definition) is 3. The van der Waals surface area contributed by atoms with E-state index in [4.69, 9.17) is 11.6 Å². The zero-order valence-electron chi connectivity index (χ0n) is 13.7. The molecule has 5 nitrogen and oxygen atoms in total. The van der Waals surface area contributed by atoms with Crippen LogP contribution >= 0.6 is 11.6 Å². The van der Waals surface area contributed by atoms with Crippen molar-refractivity contribution in [2.24, 2.45) is 0 Å². The van der Waals surface area contributed by atoms with Gasteiger partial charge < -0.3 is 14.6 Å². The SMILES string of the molecule is CN(C)c1cccc(C(=O)NCCc2cn3cc(Cl)ccc3n2)c1. The number of carbonyl (C=O) groups excluding carboxylic acids is 1. The molecule has 0 saturated carbocycles.